The lowest BCUT2D eigenvalue weighted by molar-refractivity contribution is -0.409. The SMILES string of the molecule is COc1ccc([C@H](CNc2[nH+]cccc2[N+](=O)[O-])c2c[nH]c3ccccc23)cc1. The molecule has 1 atom stereocenters. The number of benzene rings is 2. The van der Waals surface area contributed by atoms with Crippen LogP contribution in [0.25, 0.3) is 10.9 Å². The van der Waals surface area contributed by atoms with Crippen LogP contribution >= 0.6 is 0 Å². The van der Waals surface area contributed by atoms with Gasteiger partial charge in [-0.05, 0) is 35.4 Å². The van der Waals surface area contributed by atoms with Gasteiger partial charge < -0.3 is 9.72 Å². The molecule has 0 bridgehead atoms. The summed E-state index contributed by atoms with van der Waals surface area (Å²) in [6.45, 7) is 0.482. The fourth-order valence-corrected chi connectivity index (χ4v) is 3.55. The van der Waals surface area contributed by atoms with E-state index in [1.807, 2.05) is 48.7 Å². The normalized spacial score (nSPS) is 11.9. The molecule has 0 aliphatic heterocycles. The first-order valence-electron chi connectivity index (χ1n) is 9.26. The third kappa shape index (κ3) is 3.75. The van der Waals surface area contributed by atoms with E-state index < -0.39 is 4.92 Å². The Hall–Kier alpha value is -3.87. The second kappa shape index (κ2) is 8.02. The van der Waals surface area contributed by atoms with Crippen LogP contribution in [0.5, 0.6) is 5.75 Å². The topological polar surface area (TPSA) is 94.3 Å². The van der Waals surface area contributed by atoms with Gasteiger partial charge in [0, 0.05) is 29.1 Å². The molecule has 4 aromatic rings. The maximum Gasteiger partial charge on any atom is 0.357 e. The quantitative estimate of drug-likeness (QED) is 0.367. The highest BCUT2D eigenvalue weighted by atomic mass is 16.6. The number of hydrogen-bond donors (Lipinski definition) is 2. The Balaban J connectivity index is 1.71. The van der Waals surface area contributed by atoms with Crippen LogP contribution in [0.4, 0.5) is 11.5 Å². The van der Waals surface area contributed by atoms with Crippen molar-refractivity contribution in [2.45, 2.75) is 5.92 Å². The predicted octanol–water partition coefficient (Wildman–Crippen LogP) is 4.14. The highest BCUT2D eigenvalue weighted by molar-refractivity contribution is 5.84. The molecule has 0 unspecified atom stereocenters. The van der Waals surface area contributed by atoms with E-state index in [4.69, 9.17) is 4.74 Å². The maximum absolute atomic E-state index is 11.3. The van der Waals surface area contributed by atoms with E-state index in [1.165, 1.54) is 6.07 Å². The summed E-state index contributed by atoms with van der Waals surface area (Å²) in [6, 6.07) is 19.1. The predicted molar refractivity (Wildman–Crippen MR) is 111 cm³/mol. The van der Waals surface area contributed by atoms with Crippen LogP contribution in [0.1, 0.15) is 17.0 Å². The number of nitro groups is 1. The van der Waals surface area contributed by atoms with E-state index in [9.17, 15) is 10.1 Å². The van der Waals surface area contributed by atoms with Gasteiger partial charge in [-0.25, -0.2) is 4.98 Å². The lowest BCUT2D eigenvalue weighted by atomic mass is 9.90. The first-order chi connectivity index (χ1) is 14.2. The van der Waals surface area contributed by atoms with E-state index in [-0.39, 0.29) is 11.6 Å². The van der Waals surface area contributed by atoms with Gasteiger partial charge in [0.2, 0.25) is 0 Å². The first kappa shape index (κ1) is 18.5. The fraction of sp³-hybridized carbons (Fsp3) is 0.136. The minimum Gasteiger partial charge on any atom is -0.497 e. The number of aromatic amines is 2. The third-order valence-corrected chi connectivity index (χ3v) is 5.03. The Morgan fingerprint density at radius 3 is 2.69 bits per heavy atom. The van der Waals surface area contributed by atoms with Gasteiger partial charge in [0.15, 0.2) is 0 Å². The molecule has 0 fully saturated rings. The van der Waals surface area contributed by atoms with Gasteiger partial charge in [0.25, 0.3) is 0 Å². The Kier molecular flexibility index (Phi) is 5.11. The summed E-state index contributed by atoms with van der Waals surface area (Å²) in [6.07, 6.45) is 3.67. The van der Waals surface area contributed by atoms with E-state index >= 15 is 0 Å². The van der Waals surface area contributed by atoms with Crippen LogP contribution in [0, 0.1) is 10.1 Å². The number of aromatic nitrogens is 2. The number of rotatable bonds is 7. The van der Waals surface area contributed by atoms with Crippen molar-refractivity contribution in [3.05, 3.63) is 94.3 Å². The Morgan fingerprint density at radius 2 is 1.93 bits per heavy atom. The summed E-state index contributed by atoms with van der Waals surface area (Å²) in [4.78, 5) is 17.2. The second-order valence-corrected chi connectivity index (χ2v) is 6.68. The highest BCUT2D eigenvalue weighted by Gasteiger charge is 2.24. The molecule has 4 rings (SSSR count). The number of ether oxygens (including phenoxy) is 1. The zero-order chi connectivity index (χ0) is 20.2. The maximum atomic E-state index is 11.3. The van der Waals surface area contributed by atoms with Gasteiger partial charge in [0.05, 0.1) is 24.8 Å². The summed E-state index contributed by atoms with van der Waals surface area (Å²) >= 11 is 0. The number of H-pyrrole nitrogens is 2. The summed E-state index contributed by atoms with van der Waals surface area (Å²) < 4.78 is 5.28. The standard InChI is InChI=1S/C22H20N4O3/c1-29-16-10-8-15(9-11-16)18(19-14-24-20-6-3-2-5-17(19)20)13-25-22-21(26(27)28)7-4-12-23-22/h2-12,14,18,24H,13H2,1H3,(H,23,25)/p+1/t18-/m0/s1. The molecular weight excluding hydrogens is 368 g/mol. The molecule has 0 saturated carbocycles. The molecule has 0 aliphatic carbocycles. The molecule has 0 radical (unpaired) electrons. The van der Waals surface area contributed by atoms with Crippen LogP contribution in [0.15, 0.2) is 73.1 Å². The number of pyridine rings is 1. The van der Waals surface area contributed by atoms with Crippen molar-refractivity contribution in [3.8, 4) is 5.75 Å². The minimum absolute atomic E-state index is 0.0138. The lowest BCUT2D eigenvalue weighted by Gasteiger charge is -2.16. The van der Waals surface area contributed by atoms with Crippen molar-refractivity contribution in [2.24, 2.45) is 0 Å². The third-order valence-electron chi connectivity index (χ3n) is 5.03. The van der Waals surface area contributed by atoms with Gasteiger partial charge in [-0.15, -0.1) is 0 Å². The van der Waals surface area contributed by atoms with E-state index in [1.54, 1.807) is 19.4 Å². The molecule has 146 valence electrons. The van der Waals surface area contributed by atoms with Crippen LogP contribution < -0.4 is 15.0 Å². The molecule has 7 heteroatoms. The summed E-state index contributed by atoms with van der Waals surface area (Å²) in [5.41, 5.74) is 3.27. The van der Waals surface area contributed by atoms with Crippen LogP contribution in [0.2, 0.25) is 0 Å². The van der Waals surface area contributed by atoms with E-state index in [0.717, 1.165) is 27.8 Å². The number of para-hydroxylation sites is 1. The molecule has 2 aromatic heterocycles. The van der Waals surface area contributed by atoms with Gasteiger partial charge in [-0.3, -0.25) is 15.4 Å². The number of nitrogens with zero attached hydrogens (tertiary/aromatic N) is 1. The monoisotopic (exact) mass is 389 g/mol. The van der Waals surface area contributed by atoms with Crippen molar-refractivity contribution in [1.29, 1.82) is 0 Å². The zero-order valence-electron chi connectivity index (χ0n) is 15.9. The zero-order valence-corrected chi connectivity index (χ0v) is 15.9. The number of nitrogens with one attached hydrogen (secondary N) is 3. The molecule has 2 heterocycles. The molecule has 0 amide bonds. The molecule has 3 N–H and O–H groups in total. The molecule has 0 aliphatic rings. The average molecular weight is 389 g/mol. The molecule has 2 aromatic carbocycles. The van der Waals surface area contributed by atoms with Gasteiger partial charge >= 0.3 is 11.5 Å². The van der Waals surface area contributed by atoms with Gasteiger partial charge in [-0.2, -0.15) is 0 Å². The molecule has 29 heavy (non-hydrogen) atoms. The van der Waals surface area contributed by atoms with Crippen molar-refractivity contribution < 1.29 is 14.6 Å². The number of methoxy groups -OCH3 is 1. The Morgan fingerprint density at radius 1 is 1.14 bits per heavy atom. The second-order valence-electron chi connectivity index (χ2n) is 6.68. The van der Waals surface area contributed by atoms with Crippen molar-refractivity contribution in [3.63, 3.8) is 0 Å². The Labute approximate surface area is 167 Å². The minimum atomic E-state index is -0.396. The van der Waals surface area contributed by atoms with E-state index in [0.29, 0.717) is 12.4 Å². The Bertz CT molecular complexity index is 1140. The van der Waals surface area contributed by atoms with Crippen LogP contribution in [-0.4, -0.2) is 23.6 Å². The van der Waals surface area contributed by atoms with Gasteiger partial charge in [0.1, 0.15) is 5.75 Å². The first-order valence-corrected chi connectivity index (χ1v) is 9.26. The summed E-state index contributed by atoms with van der Waals surface area (Å²) in [7, 11) is 1.64. The smallest absolute Gasteiger partial charge is 0.357 e. The van der Waals surface area contributed by atoms with E-state index in [2.05, 4.69) is 21.4 Å². The van der Waals surface area contributed by atoms with Crippen molar-refractivity contribution in [1.82, 2.24) is 4.98 Å². The number of hydrogen-bond acceptors (Lipinski definition) is 4. The lowest BCUT2D eigenvalue weighted by Crippen LogP contribution is -2.20. The average Bonchev–Trinajstić information content (AvgIpc) is 3.18. The number of fused-ring (bicyclic) bond motifs is 1. The van der Waals surface area contributed by atoms with Gasteiger partial charge in [-0.1, -0.05) is 30.3 Å². The van der Waals surface area contributed by atoms with Crippen molar-refractivity contribution in [2.75, 3.05) is 19.0 Å². The van der Waals surface area contributed by atoms with Crippen LogP contribution in [0.3, 0.4) is 0 Å². The van der Waals surface area contributed by atoms with Crippen LogP contribution in [-0.2, 0) is 0 Å². The number of anilines is 1. The fourth-order valence-electron chi connectivity index (χ4n) is 3.55. The highest BCUT2D eigenvalue weighted by Crippen LogP contribution is 2.32. The largest absolute Gasteiger partial charge is 0.497 e. The molecular formula is C22H21N4O3+. The van der Waals surface area contributed by atoms with Crippen molar-refractivity contribution >= 4 is 22.4 Å². The summed E-state index contributed by atoms with van der Waals surface area (Å²) in [5.74, 6) is 1.15. The molecule has 7 nitrogen and oxygen atoms in total. The molecule has 0 saturated heterocycles. The summed E-state index contributed by atoms with van der Waals surface area (Å²) in [5, 5.41) is 15.7. The molecule has 0 spiro atoms.